The molecule has 0 aliphatic rings. The highest BCUT2D eigenvalue weighted by atomic mass is 15.4. The Bertz CT molecular complexity index is 1060. The molecule has 0 atom stereocenters. The van der Waals surface area contributed by atoms with Gasteiger partial charge in [0, 0.05) is 6.20 Å². The molecule has 0 saturated heterocycles. The van der Waals surface area contributed by atoms with Crippen LogP contribution in [0.4, 0.5) is 0 Å². The maximum atomic E-state index is 9.25. The van der Waals surface area contributed by atoms with Gasteiger partial charge in [-0.15, -0.1) is 5.10 Å². The van der Waals surface area contributed by atoms with Crippen molar-refractivity contribution in [2.75, 3.05) is 0 Å². The molecule has 124 valence electrons. The minimum atomic E-state index is 0.625. The maximum absolute atomic E-state index is 9.25. The Morgan fingerprint density at radius 1 is 0.885 bits per heavy atom. The Labute approximate surface area is 151 Å². The van der Waals surface area contributed by atoms with Crippen LogP contribution in [0.25, 0.3) is 22.5 Å². The number of benzene rings is 2. The first-order chi connectivity index (χ1) is 12.8. The van der Waals surface area contributed by atoms with Crippen molar-refractivity contribution in [1.29, 1.82) is 5.26 Å². The third kappa shape index (κ3) is 3.21. The molecule has 0 aliphatic heterocycles. The monoisotopic (exact) mass is 337 g/mol. The van der Waals surface area contributed by atoms with Gasteiger partial charge in [-0.25, -0.2) is 4.68 Å². The van der Waals surface area contributed by atoms with Gasteiger partial charge in [0.15, 0.2) is 0 Å². The van der Waals surface area contributed by atoms with E-state index in [1.54, 1.807) is 10.9 Å². The van der Waals surface area contributed by atoms with Crippen LogP contribution in [-0.2, 0) is 6.54 Å². The molecule has 0 fully saturated rings. The van der Waals surface area contributed by atoms with E-state index < -0.39 is 0 Å². The predicted octanol–water partition coefficient (Wildman–Crippen LogP) is 3.93. The summed E-state index contributed by atoms with van der Waals surface area (Å²) in [6, 6.07) is 23.7. The second kappa shape index (κ2) is 6.99. The minimum absolute atomic E-state index is 0.625. The summed E-state index contributed by atoms with van der Waals surface area (Å²) < 4.78 is 1.79. The second-order valence-corrected chi connectivity index (χ2v) is 5.87. The molecule has 2 aromatic carbocycles. The van der Waals surface area contributed by atoms with Crippen LogP contribution in [0.1, 0.15) is 11.1 Å². The van der Waals surface area contributed by atoms with Crippen molar-refractivity contribution in [3.63, 3.8) is 0 Å². The molecule has 0 bridgehead atoms. The zero-order valence-corrected chi connectivity index (χ0v) is 13.9. The number of nitrogens with zero attached hydrogens (tertiary/aromatic N) is 5. The average Bonchev–Trinajstić information content (AvgIpc) is 3.18. The van der Waals surface area contributed by atoms with Crippen molar-refractivity contribution in [3.8, 4) is 28.6 Å². The summed E-state index contributed by atoms with van der Waals surface area (Å²) in [5.41, 5.74) is 5.32. The lowest BCUT2D eigenvalue weighted by atomic mass is 9.99. The topological polar surface area (TPSA) is 67.4 Å². The van der Waals surface area contributed by atoms with Gasteiger partial charge in [-0.05, 0) is 34.9 Å². The molecular formula is C21H15N5. The highest BCUT2D eigenvalue weighted by Gasteiger charge is 2.07. The normalized spacial score (nSPS) is 10.4. The summed E-state index contributed by atoms with van der Waals surface area (Å²) in [5, 5.41) is 17.6. The average molecular weight is 337 g/mol. The molecule has 4 aromatic rings. The van der Waals surface area contributed by atoms with E-state index in [0.717, 1.165) is 28.1 Å². The maximum Gasteiger partial charge on any atom is 0.131 e. The summed E-state index contributed by atoms with van der Waals surface area (Å²) in [6.45, 7) is 0.625. The third-order valence-corrected chi connectivity index (χ3v) is 4.12. The van der Waals surface area contributed by atoms with E-state index in [0.29, 0.717) is 12.1 Å². The smallest absolute Gasteiger partial charge is 0.131 e. The van der Waals surface area contributed by atoms with Gasteiger partial charge in [0.25, 0.3) is 0 Å². The molecule has 26 heavy (non-hydrogen) atoms. The molecule has 0 unspecified atom stereocenters. The summed E-state index contributed by atoms with van der Waals surface area (Å²) in [6.07, 6.45) is 3.63. The fraction of sp³-hybridized carbons (Fsp3) is 0.0476. The molecule has 2 heterocycles. The molecule has 2 aromatic heterocycles. The fourth-order valence-corrected chi connectivity index (χ4v) is 2.82. The molecule has 5 nitrogen and oxygen atoms in total. The lowest BCUT2D eigenvalue weighted by molar-refractivity contribution is 0.650. The number of hydrogen-bond donors (Lipinski definition) is 0. The van der Waals surface area contributed by atoms with E-state index in [-0.39, 0.29) is 0 Å². The Morgan fingerprint density at radius 3 is 2.46 bits per heavy atom. The first-order valence-electron chi connectivity index (χ1n) is 8.23. The fourth-order valence-electron chi connectivity index (χ4n) is 2.82. The van der Waals surface area contributed by atoms with Crippen LogP contribution in [0.2, 0.25) is 0 Å². The highest BCUT2D eigenvalue weighted by Crippen LogP contribution is 2.23. The van der Waals surface area contributed by atoms with Gasteiger partial charge < -0.3 is 0 Å². The zero-order chi connectivity index (χ0) is 17.8. The van der Waals surface area contributed by atoms with Gasteiger partial charge in [0.05, 0.1) is 30.1 Å². The van der Waals surface area contributed by atoms with Crippen LogP contribution >= 0.6 is 0 Å². The Morgan fingerprint density at radius 2 is 1.69 bits per heavy atom. The quantitative estimate of drug-likeness (QED) is 0.566. The molecule has 0 spiro atoms. The van der Waals surface area contributed by atoms with Gasteiger partial charge >= 0.3 is 0 Å². The van der Waals surface area contributed by atoms with Gasteiger partial charge in [-0.2, -0.15) is 5.26 Å². The third-order valence-electron chi connectivity index (χ3n) is 4.12. The van der Waals surface area contributed by atoms with Crippen LogP contribution in [0.15, 0.2) is 79.1 Å². The molecule has 0 saturated carbocycles. The van der Waals surface area contributed by atoms with Crippen LogP contribution in [0.3, 0.4) is 0 Å². The molecule has 0 amide bonds. The lowest BCUT2D eigenvalue weighted by Gasteiger charge is -2.06. The van der Waals surface area contributed by atoms with E-state index in [4.69, 9.17) is 0 Å². The number of rotatable bonds is 4. The number of hydrogen-bond acceptors (Lipinski definition) is 4. The minimum Gasteiger partial charge on any atom is -0.254 e. The molecule has 5 heteroatoms. The molecular weight excluding hydrogens is 322 g/mol. The molecule has 4 rings (SSSR count). The molecule has 0 radical (unpaired) electrons. The summed E-state index contributed by atoms with van der Waals surface area (Å²) >= 11 is 0. The van der Waals surface area contributed by atoms with E-state index in [1.807, 2.05) is 72.9 Å². The van der Waals surface area contributed by atoms with Crippen molar-refractivity contribution < 1.29 is 0 Å². The van der Waals surface area contributed by atoms with E-state index >= 15 is 0 Å². The van der Waals surface area contributed by atoms with Crippen LogP contribution in [-0.4, -0.2) is 20.0 Å². The summed E-state index contributed by atoms with van der Waals surface area (Å²) in [5.74, 6) is 0. The Kier molecular flexibility index (Phi) is 4.23. The predicted molar refractivity (Wildman–Crippen MR) is 98.9 cm³/mol. The summed E-state index contributed by atoms with van der Waals surface area (Å²) in [4.78, 5) is 4.29. The zero-order valence-electron chi connectivity index (χ0n) is 13.9. The number of pyridine rings is 1. The Balaban J connectivity index is 1.54. The summed E-state index contributed by atoms with van der Waals surface area (Å²) in [7, 11) is 0. The first-order valence-corrected chi connectivity index (χ1v) is 8.23. The van der Waals surface area contributed by atoms with Gasteiger partial charge in [0.2, 0.25) is 0 Å². The van der Waals surface area contributed by atoms with E-state index in [9.17, 15) is 5.26 Å². The Hall–Kier alpha value is -3.78. The standard InChI is InChI=1S/C21H15N5/c22-13-18-5-1-2-6-19(18)17-10-8-16(9-11-17)14-26-15-21(24-25-26)20-7-3-4-12-23-20/h1-12,15H,14H2. The largest absolute Gasteiger partial charge is 0.254 e. The van der Waals surface area contributed by atoms with Crippen molar-refractivity contribution in [1.82, 2.24) is 20.0 Å². The van der Waals surface area contributed by atoms with Gasteiger partial charge in [-0.1, -0.05) is 53.7 Å². The number of nitriles is 1. The molecule has 0 N–H and O–H groups in total. The SMILES string of the molecule is N#Cc1ccccc1-c1ccc(Cn2cc(-c3ccccn3)nn2)cc1. The highest BCUT2D eigenvalue weighted by molar-refractivity contribution is 5.70. The van der Waals surface area contributed by atoms with E-state index in [1.165, 1.54) is 0 Å². The first kappa shape index (κ1) is 15.7. The second-order valence-electron chi connectivity index (χ2n) is 5.87. The van der Waals surface area contributed by atoms with Crippen molar-refractivity contribution in [3.05, 3.63) is 90.3 Å². The van der Waals surface area contributed by atoms with Crippen molar-refractivity contribution >= 4 is 0 Å². The van der Waals surface area contributed by atoms with Crippen LogP contribution in [0, 0.1) is 11.3 Å². The van der Waals surface area contributed by atoms with Crippen molar-refractivity contribution in [2.24, 2.45) is 0 Å². The van der Waals surface area contributed by atoms with Crippen LogP contribution in [0.5, 0.6) is 0 Å². The van der Waals surface area contributed by atoms with Crippen LogP contribution < -0.4 is 0 Å². The van der Waals surface area contributed by atoms with Gasteiger partial charge in [-0.3, -0.25) is 4.98 Å². The lowest BCUT2D eigenvalue weighted by Crippen LogP contribution is -2.00. The molecule has 0 aliphatic carbocycles. The van der Waals surface area contributed by atoms with Crippen molar-refractivity contribution in [2.45, 2.75) is 6.54 Å². The van der Waals surface area contributed by atoms with Gasteiger partial charge in [0.1, 0.15) is 5.69 Å². The number of aromatic nitrogens is 4. The van der Waals surface area contributed by atoms with E-state index in [2.05, 4.69) is 21.4 Å².